The van der Waals surface area contributed by atoms with Crippen molar-refractivity contribution in [3.63, 3.8) is 0 Å². The Morgan fingerprint density at radius 3 is 2.74 bits per heavy atom. The number of imidazole rings is 1. The summed E-state index contributed by atoms with van der Waals surface area (Å²) in [7, 11) is 1.71. The van der Waals surface area contributed by atoms with E-state index in [1.54, 1.807) is 18.1 Å². The third-order valence-corrected chi connectivity index (χ3v) is 4.50. The van der Waals surface area contributed by atoms with E-state index < -0.39 is 0 Å². The molecule has 0 radical (unpaired) electrons. The molecule has 7 nitrogen and oxygen atoms in total. The summed E-state index contributed by atoms with van der Waals surface area (Å²) >= 11 is 0. The summed E-state index contributed by atoms with van der Waals surface area (Å²) in [6.07, 6.45) is 2.07. The van der Waals surface area contributed by atoms with Gasteiger partial charge in [0.15, 0.2) is 5.65 Å². The highest BCUT2D eigenvalue weighted by Gasteiger charge is 2.22. The van der Waals surface area contributed by atoms with E-state index in [9.17, 15) is 9.90 Å². The summed E-state index contributed by atoms with van der Waals surface area (Å²) in [6, 6.07) is 13.2. The molecular weight excluding hydrogens is 344 g/mol. The number of aromatic nitrogens is 3. The van der Waals surface area contributed by atoms with Crippen molar-refractivity contribution in [3.05, 3.63) is 60.0 Å². The van der Waals surface area contributed by atoms with Gasteiger partial charge in [-0.15, -0.1) is 0 Å². The Kier molecular flexibility index (Phi) is 6.03. The Morgan fingerprint density at radius 2 is 2.04 bits per heavy atom. The van der Waals surface area contributed by atoms with E-state index in [-0.39, 0.29) is 25.3 Å². The van der Waals surface area contributed by atoms with Gasteiger partial charge in [0.25, 0.3) is 0 Å². The normalized spacial score (nSPS) is 12.1. The molecule has 0 saturated heterocycles. The van der Waals surface area contributed by atoms with Gasteiger partial charge >= 0.3 is 6.09 Å². The zero-order valence-corrected chi connectivity index (χ0v) is 15.6. The molecule has 1 unspecified atom stereocenters. The van der Waals surface area contributed by atoms with Gasteiger partial charge in [0.05, 0.1) is 6.04 Å². The van der Waals surface area contributed by atoms with Gasteiger partial charge in [0.2, 0.25) is 0 Å². The minimum Gasteiger partial charge on any atom is -0.445 e. The third kappa shape index (κ3) is 4.25. The Morgan fingerprint density at radius 1 is 1.26 bits per heavy atom. The second kappa shape index (κ2) is 8.64. The molecule has 0 saturated carbocycles. The SMILES string of the molecule is CCC(CN(C)C(=O)OCc1ccccc1)n1c(CO)nc2cccnc21. The van der Waals surface area contributed by atoms with Gasteiger partial charge in [-0.3, -0.25) is 0 Å². The number of carbonyl (C=O) groups excluding carboxylic acids is 1. The van der Waals surface area contributed by atoms with E-state index in [1.165, 1.54) is 0 Å². The predicted molar refractivity (Wildman–Crippen MR) is 102 cm³/mol. The van der Waals surface area contributed by atoms with Crippen molar-refractivity contribution in [1.82, 2.24) is 19.4 Å². The van der Waals surface area contributed by atoms with Crippen molar-refractivity contribution < 1.29 is 14.6 Å². The molecule has 2 heterocycles. The highest BCUT2D eigenvalue weighted by atomic mass is 16.6. The maximum absolute atomic E-state index is 12.4. The molecule has 1 atom stereocenters. The van der Waals surface area contributed by atoms with Crippen LogP contribution in [0.2, 0.25) is 0 Å². The highest BCUT2D eigenvalue weighted by molar-refractivity contribution is 5.71. The standard InChI is InChI=1S/C20H24N4O3/c1-3-16(24-18(13-25)22-17-10-7-11-21-19(17)24)12-23(2)20(26)27-14-15-8-5-4-6-9-15/h4-11,16,25H,3,12-14H2,1-2H3. The van der Waals surface area contributed by atoms with Gasteiger partial charge in [0, 0.05) is 19.8 Å². The largest absolute Gasteiger partial charge is 0.445 e. The Hall–Kier alpha value is -2.93. The number of benzene rings is 1. The van der Waals surface area contributed by atoms with Crippen molar-refractivity contribution in [2.45, 2.75) is 32.6 Å². The van der Waals surface area contributed by atoms with E-state index in [4.69, 9.17) is 4.74 Å². The van der Waals surface area contributed by atoms with Crippen LogP contribution in [-0.4, -0.2) is 44.2 Å². The molecule has 1 aromatic carbocycles. The number of nitrogens with zero attached hydrogens (tertiary/aromatic N) is 4. The van der Waals surface area contributed by atoms with Crippen LogP contribution in [0.5, 0.6) is 0 Å². The average molecular weight is 368 g/mol. The van der Waals surface area contributed by atoms with Crippen LogP contribution in [0.4, 0.5) is 4.79 Å². The van der Waals surface area contributed by atoms with Crippen LogP contribution in [0.3, 0.4) is 0 Å². The minimum atomic E-state index is -0.389. The molecule has 7 heteroatoms. The summed E-state index contributed by atoms with van der Waals surface area (Å²) in [5.74, 6) is 0.543. The van der Waals surface area contributed by atoms with Gasteiger partial charge in [0.1, 0.15) is 24.6 Å². The number of amides is 1. The van der Waals surface area contributed by atoms with Crippen molar-refractivity contribution in [2.75, 3.05) is 13.6 Å². The van der Waals surface area contributed by atoms with Crippen molar-refractivity contribution >= 4 is 17.3 Å². The molecule has 0 aliphatic heterocycles. The highest BCUT2D eigenvalue weighted by Crippen LogP contribution is 2.23. The van der Waals surface area contributed by atoms with E-state index in [0.29, 0.717) is 18.0 Å². The summed E-state index contributed by atoms with van der Waals surface area (Å²) in [5.41, 5.74) is 2.38. The average Bonchev–Trinajstić information content (AvgIpc) is 3.09. The number of pyridine rings is 1. The van der Waals surface area contributed by atoms with Crippen LogP contribution < -0.4 is 0 Å². The predicted octanol–water partition coefficient (Wildman–Crippen LogP) is 3.14. The van der Waals surface area contributed by atoms with Crippen molar-refractivity contribution in [3.8, 4) is 0 Å². The first-order valence-electron chi connectivity index (χ1n) is 8.98. The van der Waals surface area contributed by atoms with Crippen LogP contribution in [0.15, 0.2) is 48.7 Å². The van der Waals surface area contributed by atoms with Gasteiger partial charge in [-0.05, 0) is 24.1 Å². The quantitative estimate of drug-likeness (QED) is 0.693. The molecular formula is C20H24N4O3. The molecule has 3 aromatic rings. The molecule has 0 spiro atoms. The number of rotatable bonds is 7. The fourth-order valence-corrected chi connectivity index (χ4v) is 3.09. The molecule has 2 aromatic heterocycles. The lowest BCUT2D eigenvalue weighted by Gasteiger charge is -2.25. The Labute approximate surface area is 158 Å². The number of likely N-dealkylation sites (N-methyl/N-ethyl adjacent to an activating group) is 1. The van der Waals surface area contributed by atoms with Gasteiger partial charge in [-0.25, -0.2) is 14.8 Å². The zero-order valence-electron chi connectivity index (χ0n) is 15.6. The van der Waals surface area contributed by atoms with Gasteiger partial charge < -0.3 is 19.3 Å². The van der Waals surface area contributed by atoms with E-state index >= 15 is 0 Å². The first-order chi connectivity index (χ1) is 13.1. The van der Waals surface area contributed by atoms with E-state index in [1.807, 2.05) is 54.0 Å². The van der Waals surface area contributed by atoms with E-state index in [2.05, 4.69) is 9.97 Å². The zero-order chi connectivity index (χ0) is 19.2. The topological polar surface area (TPSA) is 80.5 Å². The first-order valence-corrected chi connectivity index (χ1v) is 8.98. The second-order valence-electron chi connectivity index (χ2n) is 6.39. The number of carbonyl (C=O) groups is 1. The minimum absolute atomic E-state index is 0.0682. The maximum atomic E-state index is 12.4. The smallest absolute Gasteiger partial charge is 0.409 e. The molecule has 3 rings (SSSR count). The lowest BCUT2D eigenvalue weighted by atomic mass is 10.2. The number of fused-ring (bicyclic) bond motifs is 1. The molecule has 142 valence electrons. The van der Waals surface area contributed by atoms with Gasteiger partial charge in [-0.2, -0.15) is 0 Å². The monoisotopic (exact) mass is 368 g/mol. The fraction of sp³-hybridized carbons (Fsp3) is 0.350. The molecule has 0 aliphatic carbocycles. The molecule has 1 amide bonds. The number of ether oxygens (including phenoxy) is 1. The van der Waals surface area contributed by atoms with Crippen LogP contribution in [-0.2, 0) is 18.0 Å². The number of hydrogen-bond donors (Lipinski definition) is 1. The second-order valence-corrected chi connectivity index (χ2v) is 6.39. The Balaban J connectivity index is 1.72. The van der Waals surface area contributed by atoms with Crippen LogP contribution in [0, 0.1) is 0 Å². The van der Waals surface area contributed by atoms with Crippen molar-refractivity contribution in [2.24, 2.45) is 0 Å². The third-order valence-electron chi connectivity index (χ3n) is 4.50. The summed E-state index contributed by atoms with van der Waals surface area (Å²) in [4.78, 5) is 22.8. The molecule has 0 aliphatic rings. The molecule has 0 fully saturated rings. The number of aliphatic hydroxyl groups is 1. The lowest BCUT2D eigenvalue weighted by Crippen LogP contribution is -2.33. The Bertz CT molecular complexity index is 895. The first kappa shape index (κ1) is 18.8. The summed E-state index contributed by atoms with van der Waals surface area (Å²) in [5, 5.41) is 9.70. The molecule has 0 bridgehead atoms. The van der Waals surface area contributed by atoms with Crippen LogP contribution >= 0.6 is 0 Å². The van der Waals surface area contributed by atoms with Crippen LogP contribution in [0.1, 0.15) is 30.8 Å². The van der Waals surface area contributed by atoms with Gasteiger partial charge in [-0.1, -0.05) is 37.3 Å². The molecule has 1 N–H and O–H groups in total. The van der Waals surface area contributed by atoms with Crippen molar-refractivity contribution in [1.29, 1.82) is 0 Å². The maximum Gasteiger partial charge on any atom is 0.409 e. The molecule has 27 heavy (non-hydrogen) atoms. The lowest BCUT2D eigenvalue weighted by molar-refractivity contribution is 0.0993. The number of hydrogen-bond acceptors (Lipinski definition) is 5. The summed E-state index contributed by atoms with van der Waals surface area (Å²) < 4.78 is 7.31. The number of aliphatic hydroxyl groups excluding tert-OH is 1. The van der Waals surface area contributed by atoms with E-state index in [0.717, 1.165) is 17.5 Å². The fourth-order valence-electron chi connectivity index (χ4n) is 3.09. The summed E-state index contributed by atoms with van der Waals surface area (Å²) in [6.45, 7) is 2.51. The van der Waals surface area contributed by atoms with Crippen LogP contribution in [0.25, 0.3) is 11.2 Å².